The lowest BCUT2D eigenvalue weighted by Crippen LogP contribution is -2.15. The molecule has 0 radical (unpaired) electrons. The molecule has 0 aliphatic heterocycles. The van der Waals surface area contributed by atoms with E-state index in [1.807, 2.05) is 0 Å². The number of hydrogen-bond acceptors (Lipinski definition) is 8. The molecule has 0 bridgehead atoms. The summed E-state index contributed by atoms with van der Waals surface area (Å²) in [6, 6.07) is 0. The second-order valence-corrected chi connectivity index (χ2v) is 7.72. The highest BCUT2D eigenvalue weighted by molar-refractivity contribution is 7.48. The Kier molecular flexibility index (Phi) is 9.19. The Hall–Kier alpha value is -0.0400. The normalized spacial score (nSPS) is 21.9. The van der Waals surface area contributed by atoms with Crippen LogP contribution in [0.25, 0.3) is 0 Å². The van der Waals surface area contributed by atoms with Crippen LogP contribution in [0.1, 0.15) is 34.1 Å². The molecule has 0 aromatic heterocycles. The third kappa shape index (κ3) is 7.16. The lowest BCUT2D eigenvalue weighted by Gasteiger charge is -2.22. The van der Waals surface area contributed by atoms with Crippen molar-refractivity contribution in [2.45, 2.75) is 46.3 Å². The summed E-state index contributed by atoms with van der Waals surface area (Å²) in [6.45, 7) is 7.62. The summed E-state index contributed by atoms with van der Waals surface area (Å²) in [4.78, 5) is 0. The topological polar surface area (TPSA) is 89.5 Å². The van der Waals surface area contributed by atoms with Gasteiger partial charge in [0.15, 0.2) is 0 Å². The average Bonchev–Trinajstić information content (AvgIpc) is 2.85. The molecule has 8 nitrogen and oxygen atoms in total. The first-order chi connectivity index (χ1) is 10.9. The van der Waals surface area contributed by atoms with E-state index in [4.69, 9.17) is 27.1 Å². The van der Waals surface area contributed by atoms with E-state index in [0.29, 0.717) is 6.42 Å². The van der Waals surface area contributed by atoms with Crippen molar-refractivity contribution >= 4 is 15.6 Å². The van der Waals surface area contributed by atoms with E-state index < -0.39 is 27.9 Å². The highest BCUT2D eigenvalue weighted by atomic mass is 31.2. The largest absolute Gasteiger partial charge is 0.475 e. The van der Waals surface area contributed by atoms with Crippen LogP contribution >= 0.6 is 15.6 Å². The molecule has 1 aliphatic rings. The van der Waals surface area contributed by atoms with Crippen LogP contribution in [0.3, 0.4) is 0 Å². The fraction of sp³-hybridized carbons (Fsp3) is 0.846. The Morgan fingerprint density at radius 2 is 1.04 bits per heavy atom. The first kappa shape index (κ1) is 21.0. The van der Waals surface area contributed by atoms with Crippen molar-refractivity contribution in [2.75, 3.05) is 26.4 Å². The van der Waals surface area contributed by atoms with Crippen LogP contribution in [0.2, 0.25) is 0 Å². The Bertz CT molecular complexity index is 407. The predicted molar refractivity (Wildman–Crippen MR) is 85.2 cm³/mol. The Balaban J connectivity index is 2.59. The van der Waals surface area contributed by atoms with Crippen LogP contribution in [0.5, 0.6) is 0 Å². The van der Waals surface area contributed by atoms with Gasteiger partial charge < -0.3 is 0 Å². The minimum absolute atomic E-state index is 0.206. The first-order valence-corrected chi connectivity index (χ1v) is 10.7. The van der Waals surface area contributed by atoms with Crippen LogP contribution in [-0.4, -0.2) is 38.6 Å². The van der Waals surface area contributed by atoms with Crippen molar-refractivity contribution in [3.63, 3.8) is 0 Å². The summed E-state index contributed by atoms with van der Waals surface area (Å²) in [5.41, 5.74) is 0. The molecule has 1 rings (SSSR count). The standard InChI is InChI=1S/C13H26O8P2/c1-5-16-22(14,17-6-2)20-12-9-10-13(11-12)21-23(15,18-7-3)19-8-4/h9-10,12-13H,5-8,11H2,1-4H3. The first-order valence-electron chi connectivity index (χ1n) is 7.73. The van der Waals surface area contributed by atoms with E-state index in [1.54, 1.807) is 39.8 Å². The molecule has 10 heteroatoms. The molecule has 0 aromatic carbocycles. The third-order valence-electron chi connectivity index (χ3n) is 2.68. The molecular formula is C13H26O8P2. The summed E-state index contributed by atoms with van der Waals surface area (Å²) in [5.74, 6) is 0. The van der Waals surface area contributed by atoms with Crippen LogP contribution < -0.4 is 0 Å². The zero-order valence-electron chi connectivity index (χ0n) is 14.0. The molecule has 0 amide bonds. The van der Waals surface area contributed by atoms with Gasteiger partial charge >= 0.3 is 15.6 Å². The van der Waals surface area contributed by atoms with Gasteiger partial charge in [0, 0.05) is 6.42 Å². The number of phosphoric ester groups is 2. The van der Waals surface area contributed by atoms with Gasteiger partial charge in [-0.1, -0.05) is 12.2 Å². The van der Waals surface area contributed by atoms with Gasteiger partial charge in [0.2, 0.25) is 0 Å². The Morgan fingerprint density at radius 3 is 1.30 bits per heavy atom. The highest BCUT2D eigenvalue weighted by Crippen LogP contribution is 2.54. The third-order valence-corrected chi connectivity index (χ3v) is 6.04. The summed E-state index contributed by atoms with van der Waals surface area (Å²) in [6.07, 6.45) is 2.59. The number of hydrogen-bond donors (Lipinski definition) is 0. The van der Waals surface area contributed by atoms with E-state index in [-0.39, 0.29) is 26.4 Å². The molecule has 0 fully saturated rings. The monoisotopic (exact) mass is 372 g/mol. The summed E-state index contributed by atoms with van der Waals surface area (Å²) in [5, 5.41) is 0. The maximum Gasteiger partial charge on any atom is 0.475 e. The zero-order chi connectivity index (χ0) is 17.3. The quantitative estimate of drug-likeness (QED) is 0.374. The molecule has 0 spiro atoms. The van der Waals surface area contributed by atoms with Gasteiger partial charge in [0.1, 0.15) is 0 Å². The van der Waals surface area contributed by atoms with Crippen molar-refractivity contribution in [3.05, 3.63) is 12.2 Å². The van der Waals surface area contributed by atoms with Gasteiger partial charge in [-0.2, -0.15) is 0 Å². The van der Waals surface area contributed by atoms with Gasteiger partial charge in [-0.3, -0.25) is 27.1 Å². The zero-order valence-corrected chi connectivity index (χ0v) is 15.8. The summed E-state index contributed by atoms with van der Waals surface area (Å²) < 4.78 is 55.8. The van der Waals surface area contributed by atoms with Crippen molar-refractivity contribution < 1.29 is 36.3 Å². The lowest BCUT2D eigenvalue weighted by molar-refractivity contribution is 0.0725. The van der Waals surface area contributed by atoms with Crippen molar-refractivity contribution in [1.29, 1.82) is 0 Å². The highest BCUT2D eigenvalue weighted by Gasteiger charge is 2.36. The van der Waals surface area contributed by atoms with Crippen LogP contribution in [0.4, 0.5) is 0 Å². The fourth-order valence-corrected chi connectivity index (χ4v) is 4.58. The van der Waals surface area contributed by atoms with Crippen LogP contribution in [0, 0.1) is 0 Å². The maximum absolute atomic E-state index is 12.3. The van der Waals surface area contributed by atoms with Gasteiger partial charge in [0.05, 0.1) is 38.6 Å². The SMILES string of the molecule is CCOP(=O)(OCC)OC1C=CC(OP(=O)(OCC)OCC)C1. The van der Waals surface area contributed by atoms with Crippen molar-refractivity contribution in [1.82, 2.24) is 0 Å². The van der Waals surface area contributed by atoms with Crippen LogP contribution in [0.15, 0.2) is 12.2 Å². The van der Waals surface area contributed by atoms with E-state index in [9.17, 15) is 9.13 Å². The lowest BCUT2D eigenvalue weighted by atomic mass is 10.3. The molecule has 23 heavy (non-hydrogen) atoms. The number of phosphoric acid groups is 2. The Morgan fingerprint density at radius 1 is 0.739 bits per heavy atom. The van der Waals surface area contributed by atoms with E-state index in [0.717, 1.165) is 0 Å². The van der Waals surface area contributed by atoms with Gasteiger partial charge in [-0.05, 0) is 27.7 Å². The fourth-order valence-electron chi connectivity index (χ4n) is 1.95. The van der Waals surface area contributed by atoms with Crippen molar-refractivity contribution in [2.24, 2.45) is 0 Å². The van der Waals surface area contributed by atoms with Crippen LogP contribution in [-0.2, 0) is 36.3 Å². The second-order valence-electron chi connectivity index (χ2n) is 4.47. The molecule has 2 atom stereocenters. The van der Waals surface area contributed by atoms with Crippen molar-refractivity contribution in [3.8, 4) is 0 Å². The van der Waals surface area contributed by atoms with Gasteiger partial charge in [-0.25, -0.2) is 9.13 Å². The molecule has 0 saturated heterocycles. The second kappa shape index (κ2) is 10.1. The molecule has 1 aliphatic carbocycles. The maximum atomic E-state index is 12.3. The predicted octanol–water partition coefficient (Wildman–Crippen LogP) is 4.08. The van der Waals surface area contributed by atoms with Gasteiger partial charge in [-0.15, -0.1) is 0 Å². The molecule has 136 valence electrons. The summed E-state index contributed by atoms with van der Waals surface area (Å²) >= 11 is 0. The minimum Gasteiger partial charge on any atom is -0.287 e. The molecule has 0 aromatic rings. The van der Waals surface area contributed by atoms with E-state index >= 15 is 0 Å². The molecule has 2 unspecified atom stereocenters. The average molecular weight is 372 g/mol. The molecular weight excluding hydrogens is 346 g/mol. The molecule has 0 saturated carbocycles. The minimum atomic E-state index is -3.61. The Labute approximate surface area is 137 Å². The van der Waals surface area contributed by atoms with E-state index in [2.05, 4.69) is 0 Å². The van der Waals surface area contributed by atoms with Gasteiger partial charge in [0.25, 0.3) is 0 Å². The summed E-state index contributed by atoms with van der Waals surface area (Å²) in [7, 11) is -7.22. The molecule has 0 heterocycles. The smallest absolute Gasteiger partial charge is 0.287 e. The van der Waals surface area contributed by atoms with E-state index in [1.165, 1.54) is 0 Å². The number of rotatable bonds is 12. The molecule has 0 N–H and O–H groups in total.